The molecule has 0 aromatic heterocycles. The van der Waals surface area contributed by atoms with Crippen molar-refractivity contribution < 1.29 is 22.7 Å². The first-order valence-corrected chi connectivity index (χ1v) is 10.0. The van der Waals surface area contributed by atoms with Gasteiger partial charge in [-0.05, 0) is 66.3 Å². The number of benzene rings is 2. The quantitative estimate of drug-likeness (QED) is 0.505. The Hall–Kier alpha value is -2.30. The number of ether oxygens (including phenoxy) is 1. The van der Waals surface area contributed by atoms with Crippen molar-refractivity contribution >= 4 is 6.29 Å². The first-order valence-electron chi connectivity index (χ1n) is 10.0. The predicted octanol–water partition coefficient (Wildman–Crippen LogP) is 7.17. The maximum atomic E-state index is 13.7. The molecule has 1 fully saturated rings. The average Bonchev–Trinajstić information content (AvgIpc) is 2.67. The van der Waals surface area contributed by atoms with Crippen LogP contribution in [-0.4, -0.2) is 12.4 Å². The van der Waals surface area contributed by atoms with E-state index in [-0.39, 0.29) is 17.3 Å². The van der Waals surface area contributed by atoms with Crippen LogP contribution < -0.4 is 4.74 Å². The first kappa shape index (κ1) is 21.4. The van der Waals surface area contributed by atoms with Crippen molar-refractivity contribution in [3.8, 4) is 16.9 Å². The highest BCUT2D eigenvalue weighted by atomic mass is 19.4. The Balaban J connectivity index is 1.83. The third-order valence-electron chi connectivity index (χ3n) is 5.83. The molecule has 156 valence electrons. The Morgan fingerprint density at radius 1 is 0.931 bits per heavy atom. The molecule has 1 aliphatic carbocycles. The summed E-state index contributed by atoms with van der Waals surface area (Å²) in [6.07, 6.45) is -0.572. The number of rotatable bonds is 4. The summed E-state index contributed by atoms with van der Waals surface area (Å²) in [6.45, 7) is 6.62. The lowest BCUT2D eigenvalue weighted by Gasteiger charge is -2.37. The number of halogens is 3. The van der Waals surface area contributed by atoms with E-state index < -0.39 is 11.7 Å². The highest BCUT2D eigenvalue weighted by molar-refractivity contribution is 5.79. The minimum atomic E-state index is -4.52. The fourth-order valence-corrected chi connectivity index (χ4v) is 4.05. The van der Waals surface area contributed by atoms with Gasteiger partial charge in [-0.3, -0.25) is 4.79 Å². The summed E-state index contributed by atoms with van der Waals surface area (Å²) in [6, 6.07) is 10.7. The van der Waals surface area contributed by atoms with E-state index >= 15 is 0 Å². The standard InChI is InChI=1S/C24H27F3O2/c1-23(2,3)19-8-10-20(11-9-19)29-22-12-7-18(14-21(22)24(25,26)27)17-6-4-5-16(13-17)15-28/h4-7,12-15,19-20H,8-11H2,1-3H3/t19-,20-. The fourth-order valence-electron chi connectivity index (χ4n) is 4.05. The topological polar surface area (TPSA) is 26.3 Å². The minimum Gasteiger partial charge on any atom is -0.490 e. The van der Waals surface area contributed by atoms with Gasteiger partial charge in [0.05, 0.1) is 11.7 Å². The Morgan fingerprint density at radius 3 is 2.17 bits per heavy atom. The van der Waals surface area contributed by atoms with Gasteiger partial charge < -0.3 is 4.74 Å². The predicted molar refractivity (Wildman–Crippen MR) is 108 cm³/mol. The molecule has 2 aromatic rings. The second kappa shape index (κ2) is 8.21. The van der Waals surface area contributed by atoms with Crippen molar-refractivity contribution in [3.05, 3.63) is 53.6 Å². The summed E-state index contributed by atoms with van der Waals surface area (Å²) in [5, 5.41) is 0. The van der Waals surface area contributed by atoms with Crippen molar-refractivity contribution in [2.45, 2.75) is 58.7 Å². The van der Waals surface area contributed by atoms with Crippen LogP contribution in [0.25, 0.3) is 11.1 Å². The molecule has 2 aromatic carbocycles. The van der Waals surface area contributed by atoms with Gasteiger partial charge in [0.2, 0.25) is 0 Å². The highest BCUT2D eigenvalue weighted by Gasteiger charge is 2.36. The molecule has 0 saturated heterocycles. The van der Waals surface area contributed by atoms with Crippen molar-refractivity contribution in [1.29, 1.82) is 0 Å². The molecule has 5 heteroatoms. The van der Waals surface area contributed by atoms with Gasteiger partial charge in [-0.2, -0.15) is 13.2 Å². The summed E-state index contributed by atoms with van der Waals surface area (Å²) in [7, 11) is 0. The lowest BCUT2D eigenvalue weighted by molar-refractivity contribution is -0.139. The number of hydrogen-bond donors (Lipinski definition) is 0. The smallest absolute Gasteiger partial charge is 0.419 e. The first-order chi connectivity index (χ1) is 13.6. The molecule has 0 unspecified atom stereocenters. The van der Waals surface area contributed by atoms with Gasteiger partial charge in [-0.25, -0.2) is 0 Å². The highest BCUT2D eigenvalue weighted by Crippen LogP contribution is 2.42. The molecule has 0 aliphatic heterocycles. The van der Waals surface area contributed by atoms with E-state index in [9.17, 15) is 18.0 Å². The number of alkyl halides is 3. The zero-order chi connectivity index (χ0) is 21.2. The van der Waals surface area contributed by atoms with Gasteiger partial charge >= 0.3 is 6.18 Å². The fraction of sp³-hybridized carbons (Fsp3) is 0.458. The molecule has 0 atom stereocenters. The van der Waals surface area contributed by atoms with Crippen molar-refractivity contribution in [3.63, 3.8) is 0 Å². The third-order valence-corrected chi connectivity index (χ3v) is 5.83. The van der Waals surface area contributed by atoms with Gasteiger partial charge in [0, 0.05) is 5.56 Å². The SMILES string of the molecule is CC(C)(C)[C@H]1CC[C@H](Oc2ccc(-c3cccc(C=O)c3)cc2C(F)(F)F)CC1. The van der Waals surface area contributed by atoms with E-state index in [0.29, 0.717) is 28.9 Å². The molecular formula is C24H27F3O2. The lowest BCUT2D eigenvalue weighted by atomic mass is 9.72. The van der Waals surface area contributed by atoms with Crippen LogP contribution in [-0.2, 0) is 6.18 Å². The van der Waals surface area contributed by atoms with Gasteiger partial charge in [-0.1, -0.05) is 45.0 Å². The van der Waals surface area contributed by atoms with Crippen LogP contribution >= 0.6 is 0 Å². The van der Waals surface area contributed by atoms with Crippen molar-refractivity contribution in [1.82, 2.24) is 0 Å². The zero-order valence-corrected chi connectivity index (χ0v) is 17.1. The van der Waals surface area contributed by atoms with Gasteiger partial charge in [-0.15, -0.1) is 0 Å². The Labute approximate surface area is 170 Å². The molecule has 0 heterocycles. The van der Waals surface area contributed by atoms with Crippen molar-refractivity contribution in [2.24, 2.45) is 11.3 Å². The summed E-state index contributed by atoms with van der Waals surface area (Å²) < 4.78 is 47.0. The van der Waals surface area contributed by atoms with Crippen LogP contribution in [0.4, 0.5) is 13.2 Å². The zero-order valence-electron chi connectivity index (χ0n) is 17.1. The van der Waals surface area contributed by atoms with Crippen LogP contribution in [0, 0.1) is 11.3 Å². The van der Waals surface area contributed by atoms with Gasteiger partial charge in [0.1, 0.15) is 12.0 Å². The summed E-state index contributed by atoms with van der Waals surface area (Å²) in [5.41, 5.74) is 0.832. The maximum Gasteiger partial charge on any atom is 0.419 e. The molecule has 0 amide bonds. The summed E-state index contributed by atoms with van der Waals surface area (Å²) >= 11 is 0. The van der Waals surface area contributed by atoms with Crippen LogP contribution in [0.2, 0.25) is 0 Å². The third kappa shape index (κ3) is 5.20. The van der Waals surface area contributed by atoms with E-state index in [4.69, 9.17) is 4.74 Å². The van der Waals surface area contributed by atoms with Gasteiger partial charge in [0.15, 0.2) is 0 Å². The maximum absolute atomic E-state index is 13.7. The molecule has 29 heavy (non-hydrogen) atoms. The lowest BCUT2D eigenvalue weighted by Crippen LogP contribution is -2.30. The van der Waals surface area contributed by atoms with E-state index in [0.717, 1.165) is 31.7 Å². The van der Waals surface area contributed by atoms with E-state index in [1.54, 1.807) is 30.3 Å². The number of carbonyl (C=O) groups is 1. The molecule has 0 spiro atoms. The van der Waals surface area contributed by atoms with E-state index in [2.05, 4.69) is 20.8 Å². The van der Waals surface area contributed by atoms with E-state index in [1.165, 1.54) is 6.07 Å². The number of hydrogen-bond acceptors (Lipinski definition) is 2. The molecule has 0 radical (unpaired) electrons. The second-order valence-electron chi connectivity index (χ2n) is 8.91. The van der Waals surface area contributed by atoms with E-state index in [1.807, 2.05) is 0 Å². The molecule has 1 saturated carbocycles. The Bertz CT molecular complexity index is 857. The van der Waals surface area contributed by atoms with Crippen LogP contribution in [0.3, 0.4) is 0 Å². The van der Waals surface area contributed by atoms with Gasteiger partial charge in [0.25, 0.3) is 0 Å². The summed E-state index contributed by atoms with van der Waals surface area (Å²) in [4.78, 5) is 11.0. The average molecular weight is 404 g/mol. The Kier molecular flexibility index (Phi) is 6.06. The molecule has 2 nitrogen and oxygen atoms in total. The normalized spacial score (nSPS) is 20.3. The number of aldehydes is 1. The second-order valence-corrected chi connectivity index (χ2v) is 8.91. The summed E-state index contributed by atoms with van der Waals surface area (Å²) in [5.74, 6) is 0.448. The molecular weight excluding hydrogens is 377 g/mol. The Morgan fingerprint density at radius 2 is 1.59 bits per heavy atom. The minimum absolute atomic E-state index is 0.119. The molecule has 1 aliphatic rings. The molecule has 0 N–H and O–H groups in total. The monoisotopic (exact) mass is 404 g/mol. The number of carbonyl (C=O) groups excluding carboxylic acids is 1. The van der Waals surface area contributed by atoms with Crippen LogP contribution in [0.1, 0.15) is 62.4 Å². The molecule has 0 bridgehead atoms. The molecule has 3 rings (SSSR count). The van der Waals surface area contributed by atoms with Crippen LogP contribution in [0.15, 0.2) is 42.5 Å². The van der Waals surface area contributed by atoms with Crippen LogP contribution in [0.5, 0.6) is 5.75 Å². The largest absolute Gasteiger partial charge is 0.490 e. The van der Waals surface area contributed by atoms with Crippen molar-refractivity contribution in [2.75, 3.05) is 0 Å².